The number of nitrogens with zero attached hydrogens (tertiary/aromatic N) is 3. The first-order chi connectivity index (χ1) is 12.5. The average Bonchev–Trinajstić information content (AvgIpc) is 3.07. The maximum atomic E-state index is 12.3. The highest BCUT2D eigenvalue weighted by molar-refractivity contribution is 5.97. The van der Waals surface area contributed by atoms with Crippen molar-refractivity contribution < 1.29 is 4.79 Å². The van der Waals surface area contributed by atoms with Crippen LogP contribution in [0.5, 0.6) is 0 Å². The van der Waals surface area contributed by atoms with E-state index in [2.05, 4.69) is 21.3 Å². The van der Waals surface area contributed by atoms with E-state index >= 15 is 0 Å². The third-order valence-electron chi connectivity index (χ3n) is 3.95. The Morgan fingerprint density at radius 2 is 2.19 bits per heavy atom. The zero-order valence-electron chi connectivity index (χ0n) is 14.2. The number of benzene rings is 1. The zero-order chi connectivity index (χ0) is 18.7. The molecule has 8 nitrogen and oxygen atoms in total. The molecule has 0 spiro atoms. The van der Waals surface area contributed by atoms with Gasteiger partial charge >= 0.3 is 5.69 Å². The third kappa shape index (κ3) is 3.28. The van der Waals surface area contributed by atoms with Crippen LogP contribution in [-0.2, 0) is 19.6 Å². The van der Waals surface area contributed by atoms with E-state index < -0.39 is 5.69 Å². The van der Waals surface area contributed by atoms with E-state index in [1.807, 2.05) is 0 Å². The molecule has 1 amide bonds. The highest BCUT2D eigenvalue weighted by atomic mass is 16.2. The summed E-state index contributed by atoms with van der Waals surface area (Å²) in [5, 5.41) is 7.21. The van der Waals surface area contributed by atoms with Crippen molar-refractivity contribution in [2.45, 2.75) is 26.6 Å². The Bertz CT molecular complexity index is 1130. The first-order valence-electron chi connectivity index (χ1n) is 8.03. The fraction of sp³-hybridized carbons (Fsp3) is 0.222. The Hall–Kier alpha value is -3.60. The standard InChI is InChI=1S/C18H17N5O3/c1-3-7-22-11-12(10-20-22)9-19-16(24)13-5-6-14-15(8-13)21-18(26)23(4-2)17(14)25/h1,5-6,8,10-11H,4,7,9H2,2H3,(H,19,24)(H,21,26). The molecule has 0 saturated heterocycles. The smallest absolute Gasteiger partial charge is 0.328 e. The molecule has 2 heterocycles. The second-order valence-corrected chi connectivity index (χ2v) is 5.67. The molecule has 0 aliphatic heterocycles. The van der Waals surface area contributed by atoms with Crippen molar-refractivity contribution in [2.75, 3.05) is 0 Å². The van der Waals surface area contributed by atoms with Gasteiger partial charge in [-0.1, -0.05) is 5.92 Å². The summed E-state index contributed by atoms with van der Waals surface area (Å²) in [4.78, 5) is 39.1. The molecule has 2 N–H and O–H groups in total. The molecule has 1 aromatic carbocycles. The summed E-state index contributed by atoms with van der Waals surface area (Å²) in [7, 11) is 0. The van der Waals surface area contributed by atoms with Gasteiger partial charge in [-0.3, -0.25) is 18.8 Å². The summed E-state index contributed by atoms with van der Waals surface area (Å²) in [5.74, 6) is 2.16. The van der Waals surface area contributed by atoms with E-state index in [1.54, 1.807) is 36.1 Å². The fourth-order valence-corrected chi connectivity index (χ4v) is 2.65. The monoisotopic (exact) mass is 351 g/mol. The normalized spacial score (nSPS) is 10.6. The Morgan fingerprint density at radius 1 is 1.38 bits per heavy atom. The van der Waals surface area contributed by atoms with Gasteiger partial charge in [-0.2, -0.15) is 5.10 Å². The number of amides is 1. The number of fused-ring (bicyclic) bond motifs is 1. The second-order valence-electron chi connectivity index (χ2n) is 5.67. The van der Waals surface area contributed by atoms with Crippen LogP contribution >= 0.6 is 0 Å². The molecule has 0 saturated carbocycles. The molecule has 0 bridgehead atoms. The van der Waals surface area contributed by atoms with Crippen LogP contribution in [0.15, 0.2) is 40.2 Å². The molecule has 0 aliphatic rings. The number of nitrogens with one attached hydrogen (secondary N) is 2. The first-order valence-corrected chi connectivity index (χ1v) is 8.03. The molecule has 0 atom stereocenters. The number of hydrogen-bond donors (Lipinski definition) is 2. The van der Waals surface area contributed by atoms with Crippen LogP contribution in [0.1, 0.15) is 22.8 Å². The van der Waals surface area contributed by atoms with Gasteiger partial charge in [0.1, 0.15) is 6.54 Å². The number of H-pyrrole nitrogens is 1. The number of aromatic nitrogens is 4. The van der Waals surface area contributed by atoms with Gasteiger partial charge in [0.2, 0.25) is 0 Å². The summed E-state index contributed by atoms with van der Waals surface area (Å²) in [6.45, 7) is 2.65. The lowest BCUT2D eigenvalue weighted by Crippen LogP contribution is -2.34. The van der Waals surface area contributed by atoms with Gasteiger partial charge in [-0.05, 0) is 25.1 Å². The first kappa shape index (κ1) is 17.2. The van der Waals surface area contributed by atoms with Crippen molar-refractivity contribution >= 4 is 16.8 Å². The van der Waals surface area contributed by atoms with Gasteiger partial charge in [0, 0.05) is 30.4 Å². The summed E-state index contributed by atoms with van der Waals surface area (Å²) >= 11 is 0. The van der Waals surface area contributed by atoms with Crippen molar-refractivity contribution in [3.05, 3.63) is 62.6 Å². The highest BCUT2D eigenvalue weighted by Gasteiger charge is 2.11. The molecule has 8 heteroatoms. The number of carbonyl (C=O) groups is 1. The van der Waals surface area contributed by atoms with Gasteiger partial charge < -0.3 is 10.3 Å². The highest BCUT2D eigenvalue weighted by Crippen LogP contribution is 2.09. The van der Waals surface area contributed by atoms with E-state index in [-0.39, 0.29) is 24.6 Å². The molecule has 26 heavy (non-hydrogen) atoms. The van der Waals surface area contributed by atoms with Crippen LogP contribution in [-0.4, -0.2) is 25.2 Å². The minimum Gasteiger partial charge on any atom is -0.348 e. The largest absolute Gasteiger partial charge is 0.348 e. The number of terminal acetylenes is 1. The molecule has 0 radical (unpaired) electrons. The summed E-state index contributed by atoms with van der Waals surface area (Å²) in [6, 6.07) is 4.59. The van der Waals surface area contributed by atoms with Crippen LogP contribution in [0.2, 0.25) is 0 Å². The average molecular weight is 351 g/mol. The molecule has 3 aromatic rings. The van der Waals surface area contributed by atoms with Crippen LogP contribution in [0, 0.1) is 12.3 Å². The topological polar surface area (TPSA) is 102 Å². The van der Waals surface area contributed by atoms with Crippen molar-refractivity contribution in [3.8, 4) is 12.3 Å². The van der Waals surface area contributed by atoms with E-state index in [0.29, 0.717) is 23.0 Å². The Balaban J connectivity index is 1.81. The number of hydrogen-bond acceptors (Lipinski definition) is 4. The maximum Gasteiger partial charge on any atom is 0.328 e. The van der Waals surface area contributed by atoms with E-state index in [9.17, 15) is 14.4 Å². The van der Waals surface area contributed by atoms with E-state index in [4.69, 9.17) is 6.42 Å². The fourth-order valence-electron chi connectivity index (χ4n) is 2.65. The molecular weight excluding hydrogens is 334 g/mol. The van der Waals surface area contributed by atoms with E-state index in [0.717, 1.165) is 10.1 Å². The summed E-state index contributed by atoms with van der Waals surface area (Å²) < 4.78 is 2.71. The minimum absolute atomic E-state index is 0.277. The molecular formula is C18H17N5O3. The summed E-state index contributed by atoms with van der Waals surface area (Å²) in [5.41, 5.74) is 0.619. The number of carbonyl (C=O) groups excluding carboxylic acids is 1. The van der Waals surface area contributed by atoms with Crippen LogP contribution in [0.3, 0.4) is 0 Å². The Kier molecular flexibility index (Phi) is 4.71. The number of aromatic amines is 1. The third-order valence-corrected chi connectivity index (χ3v) is 3.95. The van der Waals surface area contributed by atoms with Crippen molar-refractivity contribution in [2.24, 2.45) is 0 Å². The number of rotatable bonds is 5. The van der Waals surface area contributed by atoms with Crippen LogP contribution < -0.4 is 16.6 Å². The van der Waals surface area contributed by atoms with Gasteiger partial charge in [-0.25, -0.2) is 4.79 Å². The molecule has 0 unspecified atom stereocenters. The van der Waals surface area contributed by atoms with Crippen molar-refractivity contribution in [1.82, 2.24) is 24.6 Å². The minimum atomic E-state index is -0.497. The molecule has 132 valence electrons. The lowest BCUT2D eigenvalue weighted by molar-refractivity contribution is 0.0951. The summed E-state index contributed by atoms with van der Waals surface area (Å²) in [6.07, 6.45) is 8.61. The van der Waals surface area contributed by atoms with E-state index in [1.165, 1.54) is 6.07 Å². The maximum absolute atomic E-state index is 12.3. The predicted octanol–water partition coefficient (Wildman–Crippen LogP) is 0.469. The lowest BCUT2D eigenvalue weighted by Gasteiger charge is -2.07. The lowest BCUT2D eigenvalue weighted by atomic mass is 10.1. The second kappa shape index (κ2) is 7.11. The SMILES string of the molecule is C#CCn1cc(CNC(=O)c2ccc3c(=O)n(CC)c(=O)[nH]c3c2)cn1. The van der Waals surface area contributed by atoms with Crippen LogP contribution in [0.4, 0.5) is 0 Å². The molecule has 3 rings (SSSR count). The van der Waals surface area contributed by atoms with Crippen molar-refractivity contribution in [1.29, 1.82) is 0 Å². The van der Waals surface area contributed by atoms with Gasteiger partial charge in [-0.15, -0.1) is 6.42 Å². The van der Waals surface area contributed by atoms with Gasteiger partial charge in [0.15, 0.2) is 0 Å². The molecule has 0 aliphatic carbocycles. The Morgan fingerprint density at radius 3 is 2.92 bits per heavy atom. The van der Waals surface area contributed by atoms with Gasteiger partial charge in [0.25, 0.3) is 11.5 Å². The van der Waals surface area contributed by atoms with Gasteiger partial charge in [0.05, 0.1) is 17.1 Å². The Labute approximate surface area is 148 Å². The van der Waals surface area contributed by atoms with Crippen LogP contribution in [0.25, 0.3) is 10.9 Å². The van der Waals surface area contributed by atoms with Crippen molar-refractivity contribution in [3.63, 3.8) is 0 Å². The quantitative estimate of drug-likeness (QED) is 0.652. The predicted molar refractivity (Wildman–Crippen MR) is 96.7 cm³/mol. The zero-order valence-corrected chi connectivity index (χ0v) is 14.2. The molecule has 2 aromatic heterocycles. The molecule has 0 fully saturated rings.